The number of halogens is 1. The van der Waals surface area contributed by atoms with Crippen molar-refractivity contribution in [2.45, 2.75) is 12.7 Å². The molecule has 1 rings (SSSR count). The average molecular weight is 322 g/mol. The molecule has 0 aliphatic heterocycles. The fourth-order valence-electron chi connectivity index (χ4n) is 1.37. The number of thioether (sulfide) groups is 1. The van der Waals surface area contributed by atoms with Gasteiger partial charge in [0.05, 0.1) is 16.0 Å². The Morgan fingerprint density at radius 2 is 2.21 bits per heavy atom. The van der Waals surface area contributed by atoms with Gasteiger partial charge in [0.25, 0.3) is 0 Å². The highest BCUT2D eigenvalue weighted by Gasteiger charge is 2.17. The molecule has 0 saturated carbocycles. The number of aliphatic carboxylic acids is 1. The van der Waals surface area contributed by atoms with Crippen LogP contribution in [0.2, 0.25) is 4.34 Å². The van der Waals surface area contributed by atoms with Crippen LogP contribution in [0.5, 0.6) is 0 Å². The van der Waals surface area contributed by atoms with Crippen molar-refractivity contribution in [2.24, 2.45) is 5.92 Å². The second kappa shape index (κ2) is 7.77. The number of hydrogen-bond donors (Lipinski definition) is 1. The van der Waals surface area contributed by atoms with E-state index in [4.69, 9.17) is 16.7 Å². The molecule has 106 valence electrons. The minimum Gasteiger partial charge on any atom is -0.481 e. The van der Waals surface area contributed by atoms with Gasteiger partial charge in [0.2, 0.25) is 5.91 Å². The van der Waals surface area contributed by atoms with E-state index >= 15 is 0 Å². The zero-order valence-corrected chi connectivity index (χ0v) is 13.1. The van der Waals surface area contributed by atoms with Gasteiger partial charge in [-0.15, -0.1) is 23.1 Å². The Labute approximate surface area is 125 Å². The van der Waals surface area contributed by atoms with Crippen LogP contribution in [-0.2, 0) is 15.3 Å². The number of hydrogen-bond acceptors (Lipinski definition) is 4. The third-order valence-electron chi connectivity index (χ3n) is 2.49. The lowest BCUT2D eigenvalue weighted by molar-refractivity contribution is -0.142. The second-order valence-electron chi connectivity index (χ2n) is 4.21. The summed E-state index contributed by atoms with van der Waals surface area (Å²) in [6, 6.07) is 3.78. The standard InChI is InChI=1S/C12H16ClNO3S2/c1-8(12(16)17)5-14(2)11(15)7-18-6-9-3-4-10(13)19-9/h3-4,8H,5-7H2,1-2H3,(H,16,17). The van der Waals surface area contributed by atoms with Crippen LogP contribution in [0, 0.1) is 5.92 Å². The highest BCUT2D eigenvalue weighted by Crippen LogP contribution is 2.25. The highest BCUT2D eigenvalue weighted by molar-refractivity contribution is 7.99. The second-order valence-corrected chi connectivity index (χ2v) is 7.00. The smallest absolute Gasteiger partial charge is 0.308 e. The quantitative estimate of drug-likeness (QED) is 0.839. The Kier molecular flexibility index (Phi) is 6.68. The Bertz CT molecular complexity index is 450. The van der Waals surface area contributed by atoms with Gasteiger partial charge >= 0.3 is 5.97 Å². The largest absolute Gasteiger partial charge is 0.481 e. The summed E-state index contributed by atoms with van der Waals surface area (Å²) in [6.07, 6.45) is 0. The van der Waals surface area contributed by atoms with Crippen molar-refractivity contribution in [1.82, 2.24) is 4.90 Å². The van der Waals surface area contributed by atoms with Crippen molar-refractivity contribution in [3.05, 3.63) is 21.3 Å². The van der Waals surface area contributed by atoms with E-state index in [2.05, 4.69) is 0 Å². The molecule has 0 aliphatic carbocycles. The number of carbonyl (C=O) groups is 2. The number of nitrogens with zero attached hydrogens (tertiary/aromatic N) is 1. The normalized spacial score (nSPS) is 12.2. The molecule has 1 unspecified atom stereocenters. The van der Waals surface area contributed by atoms with Crippen molar-refractivity contribution in [2.75, 3.05) is 19.3 Å². The lowest BCUT2D eigenvalue weighted by Gasteiger charge is -2.19. The third kappa shape index (κ3) is 5.84. The number of amides is 1. The van der Waals surface area contributed by atoms with Crippen molar-refractivity contribution >= 4 is 46.6 Å². The van der Waals surface area contributed by atoms with Gasteiger partial charge in [-0.05, 0) is 12.1 Å². The van der Waals surface area contributed by atoms with Crippen molar-refractivity contribution in [3.63, 3.8) is 0 Å². The molecule has 0 saturated heterocycles. The summed E-state index contributed by atoms with van der Waals surface area (Å²) < 4.78 is 0.745. The molecular formula is C12H16ClNO3S2. The summed E-state index contributed by atoms with van der Waals surface area (Å²) in [5.74, 6) is -0.402. The molecular weight excluding hydrogens is 306 g/mol. The molecule has 0 bridgehead atoms. The Hall–Kier alpha value is -0.720. The van der Waals surface area contributed by atoms with E-state index in [0.29, 0.717) is 5.75 Å². The van der Waals surface area contributed by atoms with Gasteiger partial charge in [-0.2, -0.15) is 0 Å². The Balaban J connectivity index is 2.28. The van der Waals surface area contributed by atoms with Crippen molar-refractivity contribution < 1.29 is 14.7 Å². The average Bonchev–Trinajstić information content (AvgIpc) is 2.74. The highest BCUT2D eigenvalue weighted by atomic mass is 35.5. The van der Waals surface area contributed by atoms with Gasteiger partial charge in [0.1, 0.15) is 0 Å². The predicted octanol–water partition coefficient (Wildman–Crippen LogP) is 2.81. The van der Waals surface area contributed by atoms with Crippen LogP contribution in [0.4, 0.5) is 0 Å². The molecule has 1 aromatic heterocycles. The molecule has 4 nitrogen and oxygen atoms in total. The predicted molar refractivity (Wildman–Crippen MR) is 79.9 cm³/mol. The summed E-state index contributed by atoms with van der Waals surface area (Å²) in [4.78, 5) is 25.1. The van der Waals surface area contributed by atoms with Gasteiger partial charge in [-0.25, -0.2) is 0 Å². The van der Waals surface area contributed by atoms with Crippen LogP contribution in [0.15, 0.2) is 12.1 Å². The molecule has 0 aliphatic rings. The van der Waals surface area contributed by atoms with E-state index in [9.17, 15) is 9.59 Å². The first kappa shape index (κ1) is 16.3. The van der Waals surface area contributed by atoms with Crippen molar-refractivity contribution in [3.8, 4) is 0 Å². The van der Waals surface area contributed by atoms with Crippen LogP contribution in [-0.4, -0.2) is 41.2 Å². The van der Waals surface area contributed by atoms with Crippen molar-refractivity contribution in [1.29, 1.82) is 0 Å². The summed E-state index contributed by atoms with van der Waals surface area (Å²) in [6.45, 7) is 1.83. The first-order valence-electron chi connectivity index (χ1n) is 5.69. The monoisotopic (exact) mass is 321 g/mol. The molecule has 1 N–H and O–H groups in total. The first-order valence-corrected chi connectivity index (χ1v) is 8.03. The first-order chi connectivity index (χ1) is 8.90. The third-order valence-corrected chi connectivity index (χ3v) is 4.87. The minimum absolute atomic E-state index is 0.0549. The minimum atomic E-state index is -0.888. The Morgan fingerprint density at radius 3 is 2.74 bits per heavy atom. The zero-order valence-electron chi connectivity index (χ0n) is 10.8. The Morgan fingerprint density at radius 1 is 1.53 bits per heavy atom. The fourth-order valence-corrected chi connectivity index (χ4v) is 3.53. The summed E-state index contributed by atoms with van der Waals surface area (Å²) in [7, 11) is 1.63. The maximum Gasteiger partial charge on any atom is 0.308 e. The summed E-state index contributed by atoms with van der Waals surface area (Å²) >= 11 is 8.83. The molecule has 19 heavy (non-hydrogen) atoms. The van der Waals surface area contributed by atoms with E-state index in [0.717, 1.165) is 15.0 Å². The maximum absolute atomic E-state index is 11.8. The van der Waals surface area contributed by atoms with Crippen LogP contribution in [0.3, 0.4) is 0 Å². The number of carboxylic acid groups (broad SMARTS) is 1. The topological polar surface area (TPSA) is 57.6 Å². The molecule has 1 atom stereocenters. The molecule has 1 amide bonds. The number of thiophene rings is 1. The molecule has 0 fully saturated rings. The lowest BCUT2D eigenvalue weighted by atomic mass is 10.2. The number of carboxylic acids is 1. The van der Waals surface area contributed by atoms with Gasteiger partial charge in [-0.1, -0.05) is 18.5 Å². The van der Waals surface area contributed by atoms with E-state index < -0.39 is 11.9 Å². The maximum atomic E-state index is 11.8. The van der Waals surface area contributed by atoms with Gasteiger partial charge in [0.15, 0.2) is 0 Å². The van der Waals surface area contributed by atoms with E-state index in [1.165, 1.54) is 28.0 Å². The van der Waals surface area contributed by atoms with E-state index in [1.807, 2.05) is 12.1 Å². The van der Waals surface area contributed by atoms with Gasteiger partial charge in [-0.3, -0.25) is 9.59 Å². The summed E-state index contributed by atoms with van der Waals surface area (Å²) in [5, 5.41) is 8.79. The van der Waals surface area contributed by atoms with Gasteiger partial charge < -0.3 is 10.0 Å². The van der Waals surface area contributed by atoms with E-state index in [-0.39, 0.29) is 12.5 Å². The number of carbonyl (C=O) groups excluding carboxylic acids is 1. The number of rotatable bonds is 7. The van der Waals surface area contributed by atoms with Crippen LogP contribution in [0.25, 0.3) is 0 Å². The van der Waals surface area contributed by atoms with Crippen LogP contribution in [0.1, 0.15) is 11.8 Å². The molecule has 1 aromatic rings. The molecule has 7 heteroatoms. The molecule has 0 spiro atoms. The summed E-state index contributed by atoms with van der Waals surface area (Å²) in [5.41, 5.74) is 0. The lowest BCUT2D eigenvalue weighted by Crippen LogP contribution is -2.34. The fraction of sp³-hybridized carbons (Fsp3) is 0.500. The molecule has 0 aromatic carbocycles. The van der Waals surface area contributed by atoms with Gasteiger partial charge in [0, 0.05) is 24.2 Å². The zero-order chi connectivity index (χ0) is 14.4. The molecule has 0 radical (unpaired) electrons. The SMILES string of the molecule is CC(CN(C)C(=O)CSCc1ccc(Cl)s1)C(=O)O. The van der Waals surface area contributed by atoms with Crippen LogP contribution >= 0.6 is 34.7 Å². The molecule has 1 heterocycles. The van der Waals surface area contributed by atoms with Crippen LogP contribution < -0.4 is 0 Å². The van der Waals surface area contributed by atoms with E-state index in [1.54, 1.807) is 14.0 Å².